The van der Waals surface area contributed by atoms with Gasteiger partial charge in [0.25, 0.3) is 0 Å². The molecule has 3 rings (SSSR count). The molecule has 0 saturated carbocycles. The average molecular weight is 359 g/mol. The van der Waals surface area contributed by atoms with Crippen LogP contribution in [0, 0.1) is 6.92 Å². The van der Waals surface area contributed by atoms with Gasteiger partial charge in [0.15, 0.2) is 0 Å². The minimum absolute atomic E-state index is 0.264. The highest BCUT2D eigenvalue weighted by atomic mass is 35.5. The number of carbonyl (C=O) groups is 1. The molecule has 2 N–H and O–H groups in total. The van der Waals surface area contributed by atoms with E-state index in [4.69, 9.17) is 11.6 Å². The number of carbonyl (C=O) groups excluding carboxylic acids is 1. The lowest BCUT2D eigenvalue weighted by molar-refractivity contribution is 0.251. The van der Waals surface area contributed by atoms with E-state index in [1.807, 2.05) is 37.4 Å². The van der Waals surface area contributed by atoms with Gasteiger partial charge in [0.05, 0.1) is 0 Å². The molecule has 1 fully saturated rings. The van der Waals surface area contributed by atoms with Gasteiger partial charge in [-0.2, -0.15) is 0 Å². The molecule has 1 aromatic heterocycles. The maximum atomic E-state index is 12.0. The summed E-state index contributed by atoms with van der Waals surface area (Å²) in [6.45, 7) is 4.50. The fourth-order valence-corrected chi connectivity index (χ4v) is 3.04. The number of aromatic nitrogens is 1. The number of piperidine rings is 1. The van der Waals surface area contributed by atoms with Crippen molar-refractivity contribution < 1.29 is 4.79 Å². The molecule has 0 unspecified atom stereocenters. The summed E-state index contributed by atoms with van der Waals surface area (Å²) in [5, 5.41) is 6.25. The van der Waals surface area contributed by atoms with Gasteiger partial charge >= 0.3 is 6.03 Å². The molecular formula is C19H23ClN4O. The van der Waals surface area contributed by atoms with Crippen LogP contribution < -0.4 is 15.5 Å². The van der Waals surface area contributed by atoms with Gasteiger partial charge in [0, 0.05) is 36.5 Å². The highest BCUT2D eigenvalue weighted by Gasteiger charge is 2.11. The number of halogens is 1. The number of rotatable bonds is 4. The fraction of sp³-hybridized carbons (Fsp3) is 0.368. The zero-order valence-electron chi connectivity index (χ0n) is 14.4. The second-order valence-electron chi connectivity index (χ2n) is 6.34. The van der Waals surface area contributed by atoms with Crippen LogP contribution in [-0.4, -0.2) is 24.1 Å². The van der Waals surface area contributed by atoms with Gasteiger partial charge < -0.3 is 15.5 Å². The predicted molar refractivity (Wildman–Crippen MR) is 102 cm³/mol. The lowest BCUT2D eigenvalue weighted by atomic mass is 10.1. The van der Waals surface area contributed by atoms with Crippen molar-refractivity contribution in [2.45, 2.75) is 32.7 Å². The number of urea groups is 1. The Labute approximate surface area is 153 Å². The number of anilines is 2. The molecule has 2 heterocycles. The van der Waals surface area contributed by atoms with E-state index in [-0.39, 0.29) is 6.03 Å². The van der Waals surface area contributed by atoms with Crippen molar-refractivity contribution >= 4 is 29.1 Å². The molecule has 1 aromatic carbocycles. The second kappa shape index (κ2) is 8.21. The number of benzene rings is 1. The molecule has 1 saturated heterocycles. The number of nitrogens with one attached hydrogen (secondary N) is 2. The van der Waals surface area contributed by atoms with Crippen LogP contribution in [-0.2, 0) is 6.54 Å². The van der Waals surface area contributed by atoms with E-state index in [0.717, 1.165) is 30.0 Å². The molecule has 1 aliphatic heterocycles. The van der Waals surface area contributed by atoms with Gasteiger partial charge in [-0.15, -0.1) is 0 Å². The van der Waals surface area contributed by atoms with Crippen LogP contribution in [0.5, 0.6) is 0 Å². The number of hydrogen-bond acceptors (Lipinski definition) is 3. The zero-order chi connectivity index (χ0) is 17.6. The Bertz CT molecular complexity index is 727. The van der Waals surface area contributed by atoms with Crippen LogP contribution in [0.1, 0.15) is 30.4 Å². The Morgan fingerprint density at radius 1 is 1.20 bits per heavy atom. The van der Waals surface area contributed by atoms with E-state index in [1.54, 1.807) is 6.07 Å². The van der Waals surface area contributed by atoms with Gasteiger partial charge in [-0.1, -0.05) is 23.7 Å². The molecular weight excluding hydrogens is 336 g/mol. The Kier molecular flexibility index (Phi) is 5.76. The van der Waals surface area contributed by atoms with E-state index in [1.165, 1.54) is 19.3 Å². The highest BCUT2D eigenvalue weighted by Crippen LogP contribution is 2.20. The summed E-state index contributed by atoms with van der Waals surface area (Å²) in [5.41, 5.74) is 2.62. The largest absolute Gasteiger partial charge is 0.357 e. The van der Waals surface area contributed by atoms with E-state index < -0.39 is 0 Å². The molecule has 0 radical (unpaired) electrons. The van der Waals surface area contributed by atoms with Crippen molar-refractivity contribution in [3.05, 3.63) is 52.7 Å². The first-order valence-corrected chi connectivity index (χ1v) is 9.00. The van der Waals surface area contributed by atoms with Crippen molar-refractivity contribution in [3.8, 4) is 0 Å². The first kappa shape index (κ1) is 17.5. The van der Waals surface area contributed by atoms with Crippen LogP contribution in [0.3, 0.4) is 0 Å². The average Bonchev–Trinajstić information content (AvgIpc) is 2.64. The summed E-state index contributed by atoms with van der Waals surface area (Å²) in [7, 11) is 0. The summed E-state index contributed by atoms with van der Waals surface area (Å²) in [6, 6.07) is 9.22. The van der Waals surface area contributed by atoms with Crippen molar-refractivity contribution in [2.24, 2.45) is 0 Å². The maximum absolute atomic E-state index is 12.0. The fourth-order valence-electron chi connectivity index (χ4n) is 2.86. The smallest absolute Gasteiger partial charge is 0.319 e. The van der Waals surface area contributed by atoms with E-state index in [2.05, 4.69) is 20.5 Å². The third-order valence-corrected chi connectivity index (χ3v) is 4.78. The van der Waals surface area contributed by atoms with Gasteiger partial charge in [0.2, 0.25) is 0 Å². The minimum Gasteiger partial charge on any atom is -0.357 e. The predicted octanol–water partition coefficient (Wildman–Crippen LogP) is 4.36. The maximum Gasteiger partial charge on any atom is 0.319 e. The van der Waals surface area contributed by atoms with Crippen LogP contribution >= 0.6 is 11.6 Å². The van der Waals surface area contributed by atoms with Gasteiger partial charge in [-0.05, 0) is 55.5 Å². The Morgan fingerprint density at radius 3 is 2.68 bits per heavy atom. The van der Waals surface area contributed by atoms with Crippen molar-refractivity contribution in [3.63, 3.8) is 0 Å². The SMILES string of the molecule is Cc1ccc(NC(=O)NCc2ccc(N3CCCCC3)nc2)cc1Cl. The van der Waals surface area contributed by atoms with E-state index >= 15 is 0 Å². The molecule has 0 spiro atoms. The molecule has 2 amide bonds. The third kappa shape index (κ3) is 4.86. The van der Waals surface area contributed by atoms with Crippen LogP contribution in [0.15, 0.2) is 36.5 Å². The summed E-state index contributed by atoms with van der Waals surface area (Å²) in [5.74, 6) is 1.02. The molecule has 2 aromatic rings. The molecule has 25 heavy (non-hydrogen) atoms. The number of nitrogens with zero attached hydrogens (tertiary/aromatic N) is 2. The first-order chi connectivity index (χ1) is 12.1. The van der Waals surface area contributed by atoms with Crippen LogP contribution in [0.4, 0.5) is 16.3 Å². The lowest BCUT2D eigenvalue weighted by Crippen LogP contribution is -2.30. The normalized spacial score (nSPS) is 14.2. The Morgan fingerprint density at radius 2 is 2.00 bits per heavy atom. The monoisotopic (exact) mass is 358 g/mol. The van der Waals surface area contributed by atoms with Crippen LogP contribution in [0.25, 0.3) is 0 Å². The standard InChI is InChI=1S/C19H23ClN4O/c1-14-5-7-16(11-17(14)20)23-19(25)22-13-15-6-8-18(21-12-15)24-9-3-2-4-10-24/h5-8,11-12H,2-4,9-10,13H2,1H3,(H2,22,23,25). The highest BCUT2D eigenvalue weighted by molar-refractivity contribution is 6.31. The van der Waals surface area contributed by atoms with E-state index in [0.29, 0.717) is 17.3 Å². The van der Waals surface area contributed by atoms with Crippen molar-refractivity contribution in [1.29, 1.82) is 0 Å². The van der Waals surface area contributed by atoms with Gasteiger partial charge in [0.1, 0.15) is 5.82 Å². The third-order valence-electron chi connectivity index (χ3n) is 4.37. The van der Waals surface area contributed by atoms with Crippen molar-refractivity contribution in [1.82, 2.24) is 10.3 Å². The quantitative estimate of drug-likeness (QED) is 0.854. The summed E-state index contributed by atoms with van der Waals surface area (Å²) < 4.78 is 0. The minimum atomic E-state index is -0.264. The van der Waals surface area contributed by atoms with Gasteiger partial charge in [-0.25, -0.2) is 9.78 Å². The zero-order valence-corrected chi connectivity index (χ0v) is 15.1. The second-order valence-corrected chi connectivity index (χ2v) is 6.75. The summed E-state index contributed by atoms with van der Waals surface area (Å²) >= 11 is 6.07. The molecule has 0 atom stereocenters. The molecule has 132 valence electrons. The number of amides is 2. The first-order valence-electron chi connectivity index (χ1n) is 8.63. The molecule has 0 aliphatic carbocycles. The number of pyridine rings is 1. The topological polar surface area (TPSA) is 57.3 Å². The number of hydrogen-bond donors (Lipinski definition) is 2. The van der Waals surface area contributed by atoms with E-state index in [9.17, 15) is 4.79 Å². The summed E-state index contributed by atoms with van der Waals surface area (Å²) in [6.07, 6.45) is 5.59. The van der Waals surface area contributed by atoms with Crippen molar-refractivity contribution in [2.75, 3.05) is 23.3 Å². The Hall–Kier alpha value is -2.27. The number of aryl methyl sites for hydroxylation is 1. The van der Waals surface area contributed by atoms with Crippen LogP contribution in [0.2, 0.25) is 5.02 Å². The molecule has 5 nitrogen and oxygen atoms in total. The summed E-state index contributed by atoms with van der Waals surface area (Å²) in [4.78, 5) is 18.8. The van der Waals surface area contributed by atoms with Gasteiger partial charge in [-0.3, -0.25) is 0 Å². The lowest BCUT2D eigenvalue weighted by Gasteiger charge is -2.27. The molecule has 1 aliphatic rings. The Balaban J connectivity index is 1.50. The molecule has 0 bridgehead atoms. The molecule has 6 heteroatoms.